The van der Waals surface area contributed by atoms with Gasteiger partial charge in [0.05, 0.1) is 5.02 Å². The first-order chi connectivity index (χ1) is 10.3. The molecule has 22 heavy (non-hydrogen) atoms. The van der Waals surface area contributed by atoms with Gasteiger partial charge in [-0.1, -0.05) is 44.7 Å². The summed E-state index contributed by atoms with van der Waals surface area (Å²) >= 11 is 5.80. The number of carbonyl (C=O) groups is 1. The van der Waals surface area contributed by atoms with E-state index in [1.54, 1.807) is 0 Å². The topological polar surface area (TPSA) is 89.3 Å². The van der Waals surface area contributed by atoms with E-state index < -0.39 is 10.0 Å². The van der Waals surface area contributed by atoms with Gasteiger partial charge in [-0.05, 0) is 30.5 Å². The minimum atomic E-state index is -3.95. The van der Waals surface area contributed by atoms with E-state index in [9.17, 15) is 13.2 Å². The van der Waals surface area contributed by atoms with Crippen molar-refractivity contribution in [2.45, 2.75) is 44.4 Å². The van der Waals surface area contributed by atoms with E-state index in [0.717, 1.165) is 25.7 Å². The minimum Gasteiger partial charge on any atom is -0.352 e. The Kier molecular flexibility index (Phi) is 7.32. The number of nitrogens with two attached hydrogens (primary N) is 1. The van der Waals surface area contributed by atoms with E-state index in [-0.39, 0.29) is 21.4 Å². The van der Waals surface area contributed by atoms with Gasteiger partial charge in [0.1, 0.15) is 4.90 Å². The molecule has 0 saturated heterocycles. The lowest BCUT2D eigenvalue weighted by Crippen LogP contribution is -2.29. The molecule has 0 aliphatic rings. The van der Waals surface area contributed by atoms with E-state index in [2.05, 4.69) is 19.2 Å². The first-order valence-electron chi connectivity index (χ1n) is 7.40. The fourth-order valence-electron chi connectivity index (χ4n) is 2.15. The van der Waals surface area contributed by atoms with Crippen molar-refractivity contribution in [1.29, 1.82) is 0 Å². The quantitative estimate of drug-likeness (QED) is 0.758. The van der Waals surface area contributed by atoms with Gasteiger partial charge < -0.3 is 5.32 Å². The zero-order valence-corrected chi connectivity index (χ0v) is 14.5. The Morgan fingerprint density at radius 3 is 2.59 bits per heavy atom. The van der Waals surface area contributed by atoms with Gasteiger partial charge in [-0.25, -0.2) is 13.6 Å². The smallest absolute Gasteiger partial charge is 0.251 e. The van der Waals surface area contributed by atoms with Crippen LogP contribution in [0.4, 0.5) is 0 Å². The minimum absolute atomic E-state index is 0.00781. The second-order valence-corrected chi connectivity index (χ2v) is 7.25. The lowest BCUT2D eigenvalue weighted by Gasteiger charge is -2.15. The fraction of sp³-hybridized carbons (Fsp3) is 0.533. The van der Waals surface area contributed by atoms with Crippen molar-refractivity contribution >= 4 is 27.5 Å². The molecule has 1 aromatic rings. The van der Waals surface area contributed by atoms with Crippen LogP contribution in [0.2, 0.25) is 5.02 Å². The van der Waals surface area contributed by atoms with Gasteiger partial charge in [0.25, 0.3) is 5.91 Å². The normalized spacial score (nSPS) is 12.9. The molecule has 0 fully saturated rings. The highest BCUT2D eigenvalue weighted by Gasteiger charge is 2.17. The summed E-state index contributed by atoms with van der Waals surface area (Å²) < 4.78 is 22.8. The second kappa shape index (κ2) is 8.50. The Morgan fingerprint density at radius 1 is 1.36 bits per heavy atom. The third-order valence-corrected chi connectivity index (χ3v) is 4.99. The third kappa shape index (κ3) is 5.59. The van der Waals surface area contributed by atoms with Crippen LogP contribution in [0.1, 0.15) is 49.9 Å². The molecule has 1 atom stereocenters. The van der Waals surface area contributed by atoms with Crippen LogP contribution in [-0.4, -0.2) is 20.9 Å². The number of hydrogen-bond acceptors (Lipinski definition) is 3. The fourth-order valence-corrected chi connectivity index (χ4v) is 3.22. The molecule has 7 heteroatoms. The molecule has 5 nitrogen and oxygen atoms in total. The van der Waals surface area contributed by atoms with Crippen LogP contribution >= 0.6 is 11.6 Å². The predicted octanol–water partition coefficient (Wildman–Crippen LogP) is 2.93. The summed E-state index contributed by atoms with van der Waals surface area (Å²) in [7, 11) is -3.95. The highest BCUT2D eigenvalue weighted by atomic mass is 35.5. The number of unbranched alkanes of at least 4 members (excludes halogenated alkanes) is 1. The van der Waals surface area contributed by atoms with Gasteiger partial charge >= 0.3 is 0 Å². The van der Waals surface area contributed by atoms with Crippen molar-refractivity contribution in [2.24, 2.45) is 11.1 Å². The van der Waals surface area contributed by atoms with Crippen LogP contribution in [0.25, 0.3) is 0 Å². The summed E-state index contributed by atoms with van der Waals surface area (Å²) in [4.78, 5) is 11.9. The Hall–Kier alpha value is -1.11. The number of primary sulfonamides is 1. The van der Waals surface area contributed by atoms with E-state index in [4.69, 9.17) is 16.7 Å². The van der Waals surface area contributed by atoms with Gasteiger partial charge in [-0.2, -0.15) is 0 Å². The molecule has 3 N–H and O–H groups in total. The number of carbonyl (C=O) groups excluding carboxylic acids is 1. The lowest BCUT2D eigenvalue weighted by atomic mass is 9.99. The average molecular weight is 347 g/mol. The van der Waals surface area contributed by atoms with E-state index in [1.807, 2.05) is 0 Å². The van der Waals surface area contributed by atoms with Gasteiger partial charge in [-0.3, -0.25) is 4.79 Å². The van der Waals surface area contributed by atoms with Crippen molar-refractivity contribution in [1.82, 2.24) is 5.32 Å². The van der Waals surface area contributed by atoms with Crippen LogP contribution in [0.15, 0.2) is 23.1 Å². The molecule has 0 saturated carbocycles. The second-order valence-electron chi connectivity index (χ2n) is 5.32. The SMILES string of the molecule is CCCC[C@H](CC)CNC(=O)c1ccc(Cl)c(S(N)(=O)=O)c1. The zero-order valence-electron chi connectivity index (χ0n) is 12.9. The standard InChI is InChI=1S/C15H23ClN2O3S/c1-3-5-6-11(4-2)10-18-15(19)12-7-8-13(16)14(9-12)22(17,20)21/h7-9,11H,3-6,10H2,1-2H3,(H,18,19)(H2,17,20,21)/t11-/m0/s1. The van der Waals surface area contributed by atoms with Crippen molar-refractivity contribution in [3.05, 3.63) is 28.8 Å². The molecule has 0 aromatic heterocycles. The summed E-state index contributed by atoms with van der Waals surface area (Å²) in [5, 5.41) is 7.93. The molecule has 0 heterocycles. The van der Waals surface area contributed by atoms with Crippen LogP contribution in [0.3, 0.4) is 0 Å². The number of rotatable bonds is 8. The summed E-state index contributed by atoms with van der Waals surface area (Å²) in [5.41, 5.74) is 0.235. The van der Waals surface area contributed by atoms with Crippen molar-refractivity contribution in [3.63, 3.8) is 0 Å². The molecule has 0 radical (unpaired) electrons. The summed E-state index contributed by atoms with van der Waals surface area (Å²) in [6, 6.07) is 4.06. The lowest BCUT2D eigenvalue weighted by molar-refractivity contribution is 0.0945. The molecule has 0 spiro atoms. The molecule has 0 bridgehead atoms. The Bertz CT molecular complexity index is 617. The monoisotopic (exact) mass is 346 g/mol. The molecule has 0 unspecified atom stereocenters. The third-order valence-electron chi connectivity index (χ3n) is 3.59. The Morgan fingerprint density at radius 2 is 2.05 bits per heavy atom. The largest absolute Gasteiger partial charge is 0.352 e. The van der Waals surface area contributed by atoms with Gasteiger partial charge in [0.2, 0.25) is 10.0 Å². The molecular formula is C15H23ClN2O3S. The zero-order chi connectivity index (χ0) is 16.8. The molecule has 1 amide bonds. The maximum atomic E-state index is 12.1. The number of nitrogens with one attached hydrogen (secondary N) is 1. The van der Waals surface area contributed by atoms with Crippen LogP contribution in [0.5, 0.6) is 0 Å². The molecule has 1 aromatic carbocycles. The summed E-state index contributed by atoms with van der Waals surface area (Å²) in [5.74, 6) is 0.102. The molecule has 1 rings (SSSR count). The number of amides is 1. The highest BCUT2D eigenvalue weighted by Crippen LogP contribution is 2.21. The molecular weight excluding hydrogens is 324 g/mol. The van der Waals surface area contributed by atoms with E-state index in [1.165, 1.54) is 18.2 Å². The van der Waals surface area contributed by atoms with Gasteiger partial charge in [0.15, 0.2) is 0 Å². The van der Waals surface area contributed by atoms with Gasteiger partial charge in [-0.15, -0.1) is 0 Å². The number of sulfonamides is 1. The van der Waals surface area contributed by atoms with Crippen molar-refractivity contribution in [2.75, 3.05) is 6.54 Å². The molecule has 0 aliphatic carbocycles. The summed E-state index contributed by atoms with van der Waals surface area (Å²) in [6.07, 6.45) is 4.31. The Balaban J connectivity index is 2.78. The van der Waals surface area contributed by atoms with Crippen LogP contribution in [-0.2, 0) is 10.0 Å². The number of benzene rings is 1. The number of hydrogen-bond donors (Lipinski definition) is 2. The first kappa shape index (κ1) is 18.9. The predicted molar refractivity (Wildman–Crippen MR) is 88.5 cm³/mol. The number of halogens is 1. The van der Waals surface area contributed by atoms with Crippen LogP contribution < -0.4 is 10.5 Å². The van der Waals surface area contributed by atoms with Gasteiger partial charge in [0, 0.05) is 12.1 Å². The van der Waals surface area contributed by atoms with Crippen LogP contribution in [0, 0.1) is 5.92 Å². The van der Waals surface area contributed by atoms with Crippen molar-refractivity contribution < 1.29 is 13.2 Å². The first-order valence-corrected chi connectivity index (χ1v) is 9.32. The highest BCUT2D eigenvalue weighted by molar-refractivity contribution is 7.89. The Labute approximate surface area is 137 Å². The average Bonchev–Trinajstić information content (AvgIpc) is 2.46. The van der Waals surface area contributed by atoms with E-state index in [0.29, 0.717) is 12.5 Å². The van der Waals surface area contributed by atoms with E-state index >= 15 is 0 Å². The molecule has 124 valence electrons. The van der Waals surface area contributed by atoms with Crippen molar-refractivity contribution in [3.8, 4) is 0 Å². The maximum Gasteiger partial charge on any atom is 0.251 e. The molecule has 0 aliphatic heterocycles. The summed E-state index contributed by atoms with van der Waals surface area (Å²) in [6.45, 7) is 4.80. The maximum absolute atomic E-state index is 12.1.